The molecule has 0 unspecified atom stereocenters. The van der Waals surface area contributed by atoms with Gasteiger partial charge in [-0.3, -0.25) is 0 Å². The smallest absolute Gasteiger partial charge is 0.171 e. The molecule has 2 aromatic rings. The third-order valence-electron chi connectivity index (χ3n) is 3.50. The van der Waals surface area contributed by atoms with Crippen LogP contribution < -0.4 is 24.8 Å². The van der Waals surface area contributed by atoms with Gasteiger partial charge in [0.05, 0.1) is 25.5 Å². The molecule has 0 atom stereocenters. The fourth-order valence-corrected chi connectivity index (χ4v) is 2.59. The van der Waals surface area contributed by atoms with Crippen molar-refractivity contribution in [2.24, 2.45) is 0 Å². The van der Waals surface area contributed by atoms with Crippen LogP contribution >= 0.6 is 12.2 Å². The predicted molar refractivity (Wildman–Crippen MR) is 109 cm³/mol. The lowest BCUT2D eigenvalue weighted by Crippen LogP contribution is -2.28. The molecule has 0 fully saturated rings. The van der Waals surface area contributed by atoms with Gasteiger partial charge in [-0.15, -0.1) is 0 Å². The lowest BCUT2D eigenvalue weighted by molar-refractivity contribution is 0.287. The molecular weight excluding hydrogens is 348 g/mol. The van der Waals surface area contributed by atoms with E-state index in [9.17, 15) is 0 Å². The molecule has 0 saturated heterocycles. The van der Waals surface area contributed by atoms with Crippen LogP contribution in [0.1, 0.15) is 26.3 Å². The molecule has 0 aliphatic rings. The number of thiocarbonyl (C=S) groups is 1. The Balaban J connectivity index is 1.98. The third-order valence-corrected chi connectivity index (χ3v) is 3.74. The minimum absolute atomic E-state index is 0.531. The summed E-state index contributed by atoms with van der Waals surface area (Å²) in [5, 5.41) is 6.91. The number of hydrogen-bond donors (Lipinski definition) is 2. The van der Waals surface area contributed by atoms with Gasteiger partial charge in [-0.1, -0.05) is 18.2 Å². The highest BCUT2D eigenvalue weighted by Gasteiger charge is 2.08. The van der Waals surface area contributed by atoms with Crippen LogP contribution in [-0.4, -0.2) is 24.9 Å². The van der Waals surface area contributed by atoms with Gasteiger partial charge < -0.3 is 24.8 Å². The first kappa shape index (κ1) is 19.8. The Morgan fingerprint density at radius 2 is 1.50 bits per heavy atom. The van der Waals surface area contributed by atoms with E-state index in [0.29, 0.717) is 31.5 Å². The van der Waals surface area contributed by atoms with Crippen molar-refractivity contribution in [2.75, 3.05) is 25.1 Å². The summed E-state index contributed by atoms with van der Waals surface area (Å²) in [5.74, 6) is 2.28. The molecule has 5 nitrogen and oxygen atoms in total. The van der Waals surface area contributed by atoms with E-state index >= 15 is 0 Å². The minimum Gasteiger partial charge on any atom is -0.492 e. The molecule has 0 saturated carbocycles. The molecule has 2 N–H and O–H groups in total. The second-order valence-corrected chi connectivity index (χ2v) is 5.79. The molecular formula is C20H26N2O3S. The third kappa shape index (κ3) is 5.81. The molecule has 0 radical (unpaired) electrons. The van der Waals surface area contributed by atoms with Gasteiger partial charge in [0.15, 0.2) is 16.6 Å². The summed E-state index contributed by atoms with van der Waals surface area (Å²) in [4.78, 5) is 0. The molecule has 0 aromatic heterocycles. The van der Waals surface area contributed by atoms with Crippen LogP contribution in [0.4, 0.5) is 5.69 Å². The Morgan fingerprint density at radius 3 is 2.23 bits per heavy atom. The maximum absolute atomic E-state index is 5.66. The Hall–Kier alpha value is -2.47. The predicted octanol–water partition coefficient (Wildman–Crippen LogP) is 4.37. The lowest BCUT2D eigenvalue weighted by atomic mass is 10.2. The first-order valence-corrected chi connectivity index (χ1v) is 9.23. The monoisotopic (exact) mass is 374 g/mol. The van der Waals surface area contributed by atoms with Crippen molar-refractivity contribution in [3.8, 4) is 17.2 Å². The largest absolute Gasteiger partial charge is 0.492 e. The van der Waals surface area contributed by atoms with E-state index in [2.05, 4.69) is 10.6 Å². The van der Waals surface area contributed by atoms with Gasteiger partial charge in [-0.25, -0.2) is 0 Å². The zero-order chi connectivity index (χ0) is 18.8. The van der Waals surface area contributed by atoms with Crippen molar-refractivity contribution in [2.45, 2.75) is 27.3 Å². The summed E-state index contributed by atoms with van der Waals surface area (Å²) in [7, 11) is 0. The van der Waals surface area contributed by atoms with E-state index in [1.165, 1.54) is 0 Å². The van der Waals surface area contributed by atoms with Crippen LogP contribution in [0.25, 0.3) is 0 Å². The van der Waals surface area contributed by atoms with Gasteiger partial charge in [0.1, 0.15) is 5.75 Å². The molecule has 26 heavy (non-hydrogen) atoms. The molecule has 2 rings (SSSR count). The van der Waals surface area contributed by atoms with Crippen LogP contribution in [0.2, 0.25) is 0 Å². The van der Waals surface area contributed by atoms with E-state index < -0.39 is 0 Å². The lowest BCUT2D eigenvalue weighted by Gasteiger charge is -2.15. The first-order chi connectivity index (χ1) is 12.7. The molecule has 2 aromatic carbocycles. The van der Waals surface area contributed by atoms with E-state index in [1.807, 2.05) is 63.2 Å². The number of benzene rings is 2. The summed E-state index contributed by atoms with van der Waals surface area (Å²) in [6.07, 6.45) is 0. The standard InChI is InChI=1S/C20H26N2O3S/c1-4-23-17-10-8-7-9-16(17)22-20(26)21-14-15-11-12-18(24-5-2)19(13-15)25-6-3/h7-13H,4-6,14H2,1-3H3,(H2,21,22,26). The Kier molecular flexibility index (Phi) is 8.02. The van der Waals surface area contributed by atoms with Crippen molar-refractivity contribution in [1.29, 1.82) is 0 Å². The van der Waals surface area contributed by atoms with E-state index in [4.69, 9.17) is 26.4 Å². The molecule has 0 aliphatic heterocycles. The van der Waals surface area contributed by atoms with Crippen molar-refractivity contribution < 1.29 is 14.2 Å². The fourth-order valence-electron chi connectivity index (χ4n) is 2.41. The number of para-hydroxylation sites is 2. The van der Waals surface area contributed by atoms with Gasteiger partial charge in [0.25, 0.3) is 0 Å². The number of rotatable bonds is 9. The highest BCUT2D eigenvalue weighted by molar-refractivity contribution is 7.80. The highest BCUT2D eigenvalue weighted by Crippen LogP contribution is 2.28. The number of ether oxygens (including phenoxy) is 3. The molecule has 0 amide bonds. The highest BCUT2D eigenvalue weighted by atomic mass is 32.1. The van der Waals surface area contributed by atoms with Gasteiger partial charge in [-0.2, -0.15) is 0 Å². The maximum atomic E-state index is 5.66. The van der Waals surface area contributed by atoms with Gasteiger partial charge in [0.2, 0.25) is 0 Å². The SMILES string of the molecule is CCOc1ccccc1NC(=S)NCc1ccc(OCC)c(OCC)c1. The summed E-state index contributed by atoms with van der Waals surface area (Å²) >= 11 is 5.40. The molecule has 0 aliphatic carbocycles. The average molecular weight is 375 g/mol. The van der Waals surface area contributed by atoms with Crippen LogP contribution in [-0.2, 0) is 6.54 Å². The van der Waals surface area contributed by atoms with Crippen LogP contribution in [0.5, 0.6) is 17.2 Å². The normalized spacial score (nSPS) is 10.1. The van der Waals surface area contributed by atoms with Crippen molar-refractivity contribution in [3.63, 3.8) is 0 Å². The van der Waals surface area contributed by atoms with E-state index in [-0.39, 0.29) is 0 Å². The van der Waals surface area contributed by atoms with Crippen molar-refractivity contribution in [3.05, 3.63) is 48.0 Å². The Labute approximate surface area is 160 Å². The zero-order valence-electron chi connectivity index (χ0n) is 15.5. The summed E-state index contributed by atoms with van der Waals surface area (Å²) < 4.78 is 16.8. The van der Waals surface area contributed by atoms with E-state index in [0.717, 1.165) is 28.5 Å². The second kappa shape index (κ2) is 10.5. The quantitative estimate of drug-likeness (QED) is 0.636. The molecule has 6 heteroatoms. The van der Waals surface area contributed by atoms with Crippen molar-refractivity contribution in [1.82, 2.24) is 5.32 Å². The summed E-state index contributed by atoms with van der Waals surface area (Å²) in [6, 6.07) is 13.6. The number of hydrogen-bond acceptors (Lipinski definition) is 4. The van der Waals surface area contributed by atoms with E-state index in [1.54, 1.807) is 0 Å². The Morgan fingerprint density at radius 1 is 0.846 bits per heavy atom. The average Bonchev–Trinajstić information content (AvgIpc) is 2.64. The second-order valence-electron chi connectivity index (χ2n) is 5.38. The molecule has 0 heterocycles. The van der Waals surface area contributed by atoms with Crippen molar-refractivity contribution >= 4 is 23.0 Å². The van der Waals surface area contributed by atoms with Crippen LogP contribution in [0.15, 0.2) is 42.5 Å². The van der Waals surface area contributed by atoms with Gasteiger partial charge >= 0.3 is 0 Å². The number of anilines is 1. The fraction of sp³-hybridized carbons (Fsp3) is 0.350. The molecule has 0 spiro atoms. The van der Waals surface area contributed by atoms with Gasteiger partial charge in [-0.05, 0) is 62.8 Å². The van der Waals surface area contributed by atoms with Crippen LogP contribution in [0, 0.1) is 0 Å². The zero-order valence-corrected chi connectivity index (χ0v) is 16.3. The minimum atomic E-state index is 0.531. The molecule has 0 bridgehead atoms. The Bertz CT molecular complexity index is 722. The summed E-state index contributed by atoms with van der Waals surface area (Å²) in [5.41, 5.74) is 1.90. The topological polar surface area (TPSA) is 51.8 Å². The van der Waals surface area contributed by atoms with Crippen LogP contribution in [0.3, 0.4) is 0 Å². The molecule has 140 valence electrons. The van der Waals surface area contributed by atoms with Gasteiger partial charge in [0, 0.05) is 6.54 Å². The number of nitrogens with one attached hydrogen (secondary N) is 2. The maximum Gasteiger partial charge on any atom is 0.171 e. The first-order valence-electron chi connectivity index (χ1n) is 8.83. The summed E-state index contributed by atoms with van der Waals surface area (Å²) in [6.45, 7) is 8.23.